The van der Waals surface area contributed by atoms with Crippen LogP contribution in [-0.2, 0) is 0 Å². The van der Waals surface area contributed by atoms with E-state index in [0.717, 1.165) is 19.4 Å². The number of nitrogens with one attached hydrogen (secondary N) is 1. The largest absolute Gasteiger partial charge is 0.338 e. The van der Waals surface area contributed by atoms with Gasteiger partial charge in [0.05, 0.1) is 5.54 Å². The molecule has 1 rings (SSSR count). The third kappa shape index (κ3) is 2.34. The number of carbonyl (C=O) groups is 1. The lowest BCUT2D eigenvalue weighted by atomic mass is 9.89. The van der Waals surface area contributed by atoms with Crippen LogP contribution in [0.15, 0.2) is 0 Å². The van der Waals surface area contributed by atoms with Crippen molar-refractivity contribution in [3.63, 3.8) is 0 Å². The first-order valence-corrected chi connectivity index (χ1v) is 4.93. The van der Waals surface area contributed by atoms with Gasteiger partial charge in [0.1, 0.15) is 0 Å². The summed E-state index contributed by atoms with van der Waals surface area (Å²) < 4.78 is 0. The molecule has 1 fully saturated rings. The Morgan fingerprint density at radius 2 is 2.15 bits per heavy atom. The molecule has 76 valence electrons. The van der Waals surface area contributed by atoms with Crippen LogP contribution in [0, 0.1) is 0 Å². The van der Waals surface area contributed by atoms with Crippen LogP contribution < -0.4 is 11.1 Å². The first-order chi connectivity index (χ1) is 6.11. The molecule has 0 aromatic heterocycles. The number of hydrogen-bond donors (Lipinski definition) is 2. The van der Waals surface area contributed by atoms with E-state index in [2.05, 4.69) is 12.2 Å². The van der Waals surface area contributed by atoms with Crippen molar-refractivity contribution in [2.24, 2.45) is 5.73 Å². The highest BCUT2D eigenvalue weighted by Crippen LogP contribution is 2.20. The lowest BCUT2D eigenvalue weighted by molar-refractivity contribution is 0.0937. The summed E-state index contributed by atoms with van der Waals surface area (Å²) in [4.78, 5) is 13.1. The van der Waals surface area contributed by atoms with Crippen LogP contribution in [-0.4, -0.2) is 36.1 Å². The van der Waals surface area contributed by atoms with E-state index in [1.54, 1.807) is 4.90 Å². The minimum absolute atomic E-state index is 0.0244. The van der Waals surface area contributed by atoms with Crippen molar-refractivity contribution < 1.29 is 4.79 Å². The number of urea groups is 1. The molecule has 4 nitrogen and oxygen atoms in total. The number of hydrogen-bond acceptors (Lipinski definition) is 2. The van der Waals surface area contributed by atoms with Crippen LogP contribution in [0.1, 0.15) is 26.7 Å². The number of rotatable bonds is 3. The summed E-state index contributed by atoms with van der Waals surface area (Å²) in [5.74, 6) is 0. The van der Waals surface area contributed by atoms with Gasteiger partial charge in [-0.05, 0) is 12.8 Å². The highest BCUT2D eigenvalue weighted by molar-refractivity contribution is 5.75. The maximum Gasteiger partial charge on any atom is 0.317 e. The summed E-state index contributed by atoms with van der Waals surface area (Å²) >= 11 is 0. The molecule has 0 saturated carbocycles. The summed E-state index contributed by atoms with van der Waals surface area (Å²) in [5.41, 5.74) is 5.82. The van der Waals surface area contributed by atoms with Crippen LogP contribution in [0.2, 0.25) is 0 Å². The molecule has 0 aromatic carbocycles. The molecule has 0 radical (unpaired) electrons. The van der Waals surface area contributed by atoms with Crippen molar-refractivity contribution in [1.29, 1.82) is 0 Å². The SMILES string of the molecule is CCCNC(=O)N1CC(N)(CC)C1. The van der Waals surface area contributed by atoms with Gasteiger partial charge in [0.25, 0.3) is 0 Å². The Labute approximate surface area is 79.5 Å². The second-order valence-electron chi connectivity index (χ2n) is 3.80. The zero-order valence-corrected chi connectivity index (χ0v) is 8.47. The Kier molecular flexibility index (Phi) is 3.14. The van der Waals surface area contributed by atoms with Crippen LogP contribution in [0.3, 0.4) is 0 Å². The summed E-state index contributed by atoms with van der Waals surface area (Å²) in [6.07, 6.45) is 1.91. The molecular weight excluding hydrogens is 166 g/mol. The Bertz CT molecular complexity index is 187. The fourth-order valence-electron chi connectivity index (χ4n) is 1.42. The quantitative estimate of drug-likeness (QED) is 0.674. The highest BCUT2D eigenvalue weighted by atomic mass is 16.2. The van der Waals surface area contributed by atoms with Gasteiger partial charge in [0.15, 0.2) is 0 Å². The van der Waals surface area contributed by atoms with Gasteiger partial charge < -0.3 is 16.0 Å². The lowest BCUT2D eigenvalue weighted by Crippen LogP contribution is -2.69. The second-order valence-corrected chi connectivity index (χ2v) is 3.80. The Morgan fingerprint density at radius 3 is 2.62 bits per heavy atom. The number of nitrogens with zero attached hydrogens (tertiary/aromatic N) is 1. The molecule has 1 aliphatic rings. The number of amides is 2. The Hall–Kier alpha value is -0.770. The molecule has 4 heteroatoms. The van der Waals surface area contributed by atoms with E-state index in [1.807, 2.05) is 6.92 Å². The zero-order chi connectivity index (χ0) is 9.90. The molecule has 2 amide bonds. The van der Waals surface area contributed by atoms with Gasteiger partial charge in [0, 0.05) is 19.6 Å². The average Bonchev–Trinajstić information content (AvgIpc) is 2.09. The number of nitrogens with two attached hydrogens (primary N) is 1. The molecule has 1 heterocycles. The Morgan fingerprint density at radius 1 is 1.54 bits per heavy atom. The van der Waals surface area contributed by atoms with Crippen LogP contribution in [0.5, 0.6) is 0 Å². The topological polar surface area (TPSA) is 58.4 Å². The van der Waals surface area contributed by atoms with E-state index in [4.69, 9.17) is 5.73 Å². The van der Waals surface area contributed by atoms with E-state index in [-0.39, 0.29) is 11.6 Å². The first-order valence-electron chi connectivity index (χ1n) is 4.93. The van der Waals surface area contributed by atoms with Crippen molar-refractivity contribution in [3.05, 3.63) is 0 Å². The summed E-state index contributed by atoms with van der Waals surface area (Å²) in [6.45, 7) is 6.23. The van der Waals surface area contributed by atoms with Crippen LogP contribution >= 0.6 is 0 Å². The van der Waals surface area contributed by atoms with E-state index in [9.17, 15) is 4.79 Å². The minimum atomic E-state index is -0.121. The summed E-state index contributed by atoms with van der Waals surface area (Å²) in [5, 5.41) is 2.83. The van der Waals surface area contributed by atoms with Gasteiger partial charge in [-0.25, -0.2) is 4.79 Å². The lowest BCUT2D eigenvalue weighted by Gasteiger charge is -2.47. The van der Waals surface area contributed by atoms with Gasteiger partial charge in [0.2, 0.25) is 0 Å². The fraction of sp³-hybridized carbons (Fsp3) is 0.889. The standard InChI is InChI=1S/C9H19N3O/c1-3-5-11-8(13)12-6-9(10,4-2)7-12/h3-7,10H2,1-2H3,(H,11,13). The predicted molar refractivity (Wildman–Crippen MR) is 52.5 cm³/mol. The van der Waals surface area contributed by atoms with Gasteiger partial charge in [-0.15, -0.1) is 0 Å². The molecule has 1 saturated heterocycles. The average molecular weight is 185 g/mol. The predicted octanol–water partition coefficient (Wildman–Crippen LogP) is 0.529. The molecular formula is C9H19N3O. The molecule has 13 heavy (non-hydrogen) atoms. The molecule has 0 atom stereocenters. The van der Waals surface area contributed by atoms with Crippen molar-refractivity contribution >= 4 is 6.03 Å². The maximum absolute atomic E-state index is 11.3. The minimum Gasteiger partial charge on any atom is -0.338 e. The van der Waals surface area contributed by atoms with E-state index < -0.39 is 0 Å². The molecule has 0 unspecified atom stereocenters. The number of likely N-dealkylation sites (tertiary alicyclic amines) is 1. The van der Waals surface area contributed by atoms with Gasteiger partial charge in [-0.3, -0.25) is 0 Å². The third-order valence-corrected chi connectivity index (χ3v) is 2.53. The van der Waals surface area contributed by atoms with Crippen molar-refractivity contribution in [1.82, 2.24) is 10.2 Å². The molecule has 0 aromatic rings. The van der Waals surface area contributed by atoms with Crippen LogP contribution in [0.4, 0.5) is 4.79 Å². The van der Waals surface area contributed by atoms with E-state index in [0.29, 0.717) is 13.1 Å². The van der Waals surface area contributed by atoms with E-state index in [1.165, 1.54) is 0 Å². The smallest absolute Gasteiger partial charge is 0.317 e. The number of carbonyl (C=O) groups excluding carboxylic acids is 1. The Balaban J connectivity index is 2.23. The summed E-state index contributed by atoms with van der Waals surface area (Å²) in [6, 6.07) is 0.0244. The maximum atomic E-state index is 11.3. The molecule has 0 bridgehead atoms. The highest BCUT2D eigenvalue weighted by Gasteiger charge is 2.40. The summed E-state index contributed by atoms with van der Waals surface area (Å²) in [7, 11) is 0. The van der Waals surface area contributed by atoms with Crippen molar-refractivity contribution in [3.8, 4) is 0 Å². The van der Waals surface area contributed by atoms with E-state index >= 15 is 0 Å². The normalized spacial score (nSPS) is 19.5. The fourth-order valence-corrected chi connectivity index (χ4v) is 1.42. The zero-order valence-electron chi connectivity index (χ0n) is 8.47. The third-order valence-electron chi connectivity index (χ3n) is 2.53. The molecule has 0 spiro atoms. The molecule has 3 N–H and O–H groups in total. The van der Waals surface area contributed by atoms with Gasteiger partial charge in [-0.2, -0.15) is 0 Å². The molecule has 0 aliphatic carbocycles. The monoisotopic (exact) mass is 185 g/mol. The second kappa shape index (κ2) is 3.96. The van der Waals surface area contributed by atoms with Crippen molar-refractivity contribution in [2.45, 2.75) is 32.2 Å². The molecule has 1 aliphatic heterocycles. The first kappa shape index (κ1) is 10.3. The van der Waals surface area contributed by atoms with Gasteiger partial charge in [-0.1, -0.05) is 13.8 Å². The van der Waals surface area contributed by atoms with Crippen LogP contribution in [0.25, 0.3) is 0 Å². The van der Waals surface area contributed by atoms with Crippen molar-refractivity contribution in [2.75, 3.05) is 19.6 Å². The van der Waals surface area contributed by atoms with Gasteiger partial charge >= 0.3 is 6.03 Å².